The third-order valence-electron chi connectivity index (χ3n) is 10.3. The van der Waals surface area contributed by atoms with Crippen LogP contribution < -0.4 is 9.47 Å². The summed E-state index contributed by atoms with van der Waals surface area (Å²) in [6.07, 6.45) is 9.05. The molecule has 4 nitrogen and oxygen atoms in total. The predicted molar refractivity (Wildman–Crippen MR) is 130 cm³/mol. The number of carbonyl (C=O) groups is 1. The Balaban J connectivity index is 1.73. The maximum atomic E-state index is 13.1. The van der Waals surface area contributed by atoms with Gasteiger partial charge in [0, 0.05) is 22.5 Å². The molecule has 1 aromatic carbocycles. The fourth-order valence-electron chi connectivity index (χ4n) is 9.00. The SMILES string of the molecule is COC(=O)[C@@]1(C)CCC[C@@]2(C)[C@@H]1CC[C@@]13C=C(C(C)C)[C@H](C[C@@H]21)c1c(OC)ccc(OC)c13. The second-order valence-corrected chi connectivity index (χ2v) is 11.8. The number of methoxy groups -OCH3 is 3. The van der Waals surface area contributed by atoms with Gasteiger partial charge < -0.3 is 14.2 Å². The minimum atomic E-state index is -0.397. The molecule has 5 aliphatic carbocycles. The van der Waals surface area contributed by atoms with Crippen molar-refractivity contribution in [3.05, 3.63) is 34.9 Å². The zero-order valence-corrected chi connectivity index (χ0v) is 21.4. The maximum absolute atomic E-state index is 13.1. The number of carbonyl (C=O) groups excluding carboxylic acids is 1. The first-order valence-corrected chi connectivity index (χ1v) is 12.7. The molecule has 4 heteroatoms. The molecule has 33 heavy (non-hydrogen) atoms. The van der Waals surface area contributed by atoms with Crippen molar-refractivity contribution in [2.75, 3.05) is 21.3 Å². The van der Waals surface area contributed by atoms with Crippen molar-refractivity contribution in [3.8, 4) is 11.5 Å². The number of fused-ring (bicyclic) bond motifs is 1. The van der Waals surface area contributed by atoms with E-state index in [1.807, 2.05) is 0 Å². The molecule has 0 aliphatic heterocycles. The molecule has 2 bridgehead atoms. The van der Waals surface area contributed by atoms with Crippen LogP contribution in [0.25, 0.3) is 0 Å². The average molecular weight is 453 g/mol. The zero-order chi connectivity index (χ0) is 23.8. The Bertz CT molecular complexity index is 1010. The van der Waals surface area contributed by atoms with E-state index in [-0.39, 0.29) is 16.8 Å². The first kappa shape index (κ1) is 22.8. The molecule has 6 atom stereocenters. The van der Waals surface area contributed by atoms with E-state index in [4.69, 9.17) is 14.2 Å². The Kier molecular flexibility index (Phi) is 5.19. The predicted octanol–water partition coefficient (Wildman–Crippen LogP) is 6.42. The lowest BCUT2D eigenvalue weighted by molar-refractivity contribution is -0.175. The number of esters is 1. The van der Waals surface area contributed by atoms with E-state index < -0.39 is 5.41 Å². The molecule has 180 valence electrons. The van der Waals surface area contributed by atoms with Crippen LogP contribution >= 0.6 is 0 Å². The average Bonchev–Trinajstić information content (AvgIpc) is 2.82. The summed E-state index contributed by atoms with van der Waals surface area (Å²) in [7, 11) is 5.14. The minimum absolute atomic E-state index is 0.0200. The lowest BCUT2D eigenvalue weighted by Gasteiger charge is -2.66. The van der Waals surface area contributed by atoms with Gasteiger partial charge in [-0.05, 0) is 74.3 Å². The molecule has 0 unspecified atom stereocenters. The Hall–Kier alpha value is -1.97. The molecular formula is C29H40O4. The molecule has 1 aromatic rings. The van der Waals surface area contributed by atoms with Gasteiger partial charge in [-0.1, -0.05) is 38.8 Å². The maximum Gasteiger partial charge on any atom is 0.311 e. The number of rotatable bonds is 4. The summed E-state index contributed by atoms with van der Waals surface area (Å²) < 4.78 is 17.3. The molecule has 0 amide bonds. The summed E-state index contributed by atoms with van der Waals surface area (Å²) in [5, 5.41) is 0. The van der Waals surface area contributed by atoms with Gasteiger partial charge in [-0.15, -0.1) is 0 Å². The van der Waals surface area contributed by atoms with Crippen LogP contribution in [0, 0.1) is 28.6 Å². The molecule has 6 rings (SSSR count). The molecule has 0 radical (unpaired) electrons. The molecule has 2 fully saturated rings. The van der Waals surface area contributed by atoms with Crippen molar-refractivity contribution in [2.24, 2.45) is 28.6 Å². The molecule has 0 aromatic heterocycles. The van der Waals surface area contributed by atoms with Crippen molar-refractivity contribution < 1.29 is 19.0 Å². The van der Waals surface area contributed by atoms with Gasteiger partial charge in [0.2, 0.25) is 0 Å². The minimum Gasteiger partial charge on any atom is -0.496 e. The van der Waals surface area contributed by atoms with Crippen LogP contribution in [0.1, 0.15) is 83.3 Å². The molecule has 5 aliphatic rings. The van der Waals surface area contributed by atoms with E-state index in [1.54, 1.807) is 26.9 Å². The molecular weight excluding hydrogens is 412 g/mol. The van der Waals surface area contributed by atoms with Crippen LogP contribution in [0.3, 0.4) is 0 Å². The fourth-order valence-corrected chi connectivity index (χ4v) is 9.00. The summed E-state index contributed by atoms with van der Waals surface area (Å²) in [6, 6.07) is 4.19. The highest BCUT2D eigenvalue weighted by Gasteiger charge is 2.66. The van der Waals surface area contributed by atoms with Crippen LogP contribution in [0.15, 0.2) is 23.8 Å². The van der Waals surface area contributed by atoms with Gasteiger partial charge in [-0.3, -0.25) is 4.79 Å². The van der Waals surface area contributed by atoms with Crippen LogP contribution in [0.2, 0.25) is 0 Å². The largest absolute Gasteiger partial charge is 0.496 e. The first-order chi connectivity index (χ1) is 15.7. The summed E-state index contributed by atoms with van der Waals surface area (Å²) in [5.74, 6) is 3.64. The molecule has 0 heterocycles. The molecule has 0 saturated heterocycles. The Morgan fingerprint density at radius 1 is 1.00 bits per heavy atom. The van der Waals surface area contributed by atoms with Crippen molar-refractivity contribution in [1.29, 1.82) is 0 Å². The third kappa shape index (κ3) is 2.79. The molecule has 0 N–H and O–H groups in total. The van der Waals surface area contributed by atoms with Gasteiger partial charge in [0.1, 0.15) is 11.5 Å². The third-order valence-corrected chi connectivity index (χ3v) is 10.3. The highest BCUT2D eigenvalue weighted by atomic mass is 16.5. The second-order valence-electron chi connectivity index (χ2n) is 11.8. The highest BCUT2D eigenvalue weighted by molar-refractivity contribution is 5.77. The van der Waals surface area contributed by atoms with Crippen molar-refractivity contribution in [1.82, 2.24) is 0 Å². The van der Waals surface area contributed by atoms with Crippen molar-refractivity contribution >= 4 is 5.97 Å². The van der Waals surface area contributed by atoms with Crippen LogP contribution in [0.5, 0.6) is 11.5 Å². The summed E-state index contributed by atoms with van der Waals surface area (Å²) in [6.45, 7) is 9.31. The number of hydrogen-bond donors (Lipinski definition) is 0. The normalized spacial score (nSPS) is 38.7. The van der Waals surface area contributed by atoms with Gasteiger partial charge in [0.25, 0.3) is 0 Å². The Labute approximate surface area is 199 Å². The Morgan fingerprint density at radius 3 is 2.33 bits per heavy atom. The number of allylic oxidation sites excluding steroid dienone is 2. The van der Waals surface area contributed by atoms with E-state index >= 15 is 0 Å². The lowest BCUT2D eigenvalue weighted by Crippen LogP contribution is -2.62. The smallest absolute Gasteiger partial charge is 0.311 e. The van der Waals surface area contributed by atoms with Gasteiger partial charge >= 0.3 is 5.97 Å². The highest BCUT2D eigenvalue weighted by Crippen LogP contribution is 2.73. The van der Waals surface area contributed by atoms with Gasteiger partial charge in [0.05, 0.1) is 26.7 Å². The number of benzene rings is 1. The van der Waals surface area contributed by atoms with Gasteiger partial charge in [0.15, 0.2) is 0 Å². The zero-order valence-electron chi connectivity index (χ0n) is 21.4. The monoisotopic (exact) mass is 452 g/mol. The van der Waals surface area contributed by atoms with Gasteiger partial charge in [-0.25, -0.2) is 0 Å². The fraction of sp³-hybridized carbons (Fsp3) is 0.690. The number of ether oxygens (including phenoxy) is 3. The van der Waals surface area contributed by atoms with E-state index in [0.29, 0.717) is 23.7 Å². The quantitative estimate of drug-likeness (QED) is 0.390. The van der Waals surface area contributed by atoms with Crippen molar-refractivity contribution in [2.45, 2.75) is 77.6 Å². The summed E-state index contributed by atoms with van der Waals surface area (Å²) >= 11 is 0. The molecule has 1 spiro atoms. The standard InChI is InChI=1S/C29H40O4/c1-17(2)19-16-29-14-11-22-27(3,12-8-13-28(22,4)26(30)33-7)23(29)15-18(19)24-20(31-5)9-10-21(32-6)25(24)29/h9-10,16-18,22-23H,8,11-15H2,1-7H3/t18-,22-,23-,27-,28-,29+/m0/s1. The van der Waals surface area contributed by atoms with E-state index in [0.717, 1.165) is 43.6 Å². The van der Waals surface area contributed by atoms with E-state index in [1.165, 1.54) is 17.5 Å². The number of hydrogen-bond acceptors (Lipinski definition) is 4. The molecule has 2 saturated carbocycles. The lowest BCUT2D eigenvalue weighted by atomic mass is 9.37. The second kappa shape index (κ2) is 7.52. The first-order valence-electron chi connectivity index (χ1n) is 12.7. The van der Waals surface area contributed by atoms with Crippen molar-refractivity contribution in [3.63, 3.8) is 0 Å². The van der Waals surface area contributed by atoms with Gasteiger partial charge in [-0.2, -0.15) is 0 Å². The summed E-state index contributed by atoms with van der Waals surface area (Å²) in [4.78, 5) is 13.1. The van der Waals surface area contributed by atoms with E-state index in [2.05, 4.69) is 45.9 Å². The Morgan fingerprint density at radius 2 is 1.70 bits per heavy atom. The van der Waals surface area contributed by atoms with Crippen LogP contribution in [0.4, 0.5) is 0 Å². The van der Waals surface area contributed by atoms with Crippen LogP contribution in [-0.2, 0) is 14.9 Å². The van der Waals surface area contributed by atoms with E-state index in [9.17, 15) is 4.79 Å². The topological polar surface area (TPSA) is 44.8 Å². The van der Waals surface area contributed by atoms with Crippen LogP contribution in [-0.4, -0.2) is 27.3 Å². The summed E-state index contributed by atoms with van der Waals surface area (Å²) in [5.41, 5.74) is 3.89.